The Kier molecular flexibility index (Phi) is 5.48. The minimum atomic E-state index is -0.180. The summed E-state index contributed by atoms with van der Waals surface area (Å²) in [6, 6.07) is 6.82. The van der Waals surface area contributed by atoms with Crippen molar-refractivity contribution in [3.63, 3.8) is 0 Å². The van der Waals surface area contributed by atoms with Crippen LogP contribution in [-0.2, 0) is 9.59 Å². The molecular weight excluding hydrogens is 368 g/mol. The Bertz CT molecular complexity index is 772. The highest BCUT2D eigenvalue weighted by atomic mass is 16.2. The van der Waals surface area contributed by atoms with Crippen LogP contribution in [0, 0.1) is 17.8 Å². The van der Waals surface area contributed by atoms with Crippen molar-refractivity contribution in [1.29, 1.82) is 0 Å². The molecule has 4 N–H and O–H groups in total. The van der Waals surface area contributed by atoms with Crippen LogP contribution < -0.4 is 21.3 Å². The van der Waals surface area contributed by atoms with Crippen LogP contribution in [0.5, 0.6) is 0 Å². The lowest BCUT2D eigenvalue weighted by atomic mass is 9.53. The van der Waals surface area contributed by atoms with E-state index in [1.54, 1.807) is 24.3 Å². The van der Waals surface area contributed by atoms with Gasteiger partial charge in [0.05, 0.1) is 0 Å². The molecule has 0 unspecified atom stereocenters. The maximum Gasteiger partial charge on any atom is 0.315 e. The van der Waals surface area contributed by atoms with Crippen molar-refractivity contribution in [2.24, 2.45) is 17.8 Å². The third-order valence-corrected chi connectivity index (χ3v) is 6.52. The van der Waals surface area contributed by atoms with Crippen LogP contribution >= 0.6 is 0 Å². The van der Waals surface area contributed by atoms with E-state index in [9.17, 15) is 14.4 Å². The first kappa shape index (κ1) is 19.7. The van der Waals surface area contributed by atoms with Crippen molar-refractivity contribution in [2.75, 3.05) is 17.2 Å². The topological polar surface area (TPSA) is 99.3 Å². The van der Waals surface area contributed by atoms with Gasteiger partial charge in [-0.1, -0.05) is 6.07 Å². The molecule has 7 heteroatoms. The van der Waals surface area contributed by atoms with Crippen molar-refractivity contribution in [3.8, 4) is 0 Å². The number of anilines is 2. The molecule has 0 saturated heterocycles. The molecule has 1 aromatic carbocycles. The molecule has 0 radical (unpaired) electrons. The number of urea groups is 1. The van der Waals surface area contributed by atoms with Gasteiger partial charge in [-0.3, -0.25) is 9.59 Å². The van der Waals surface area contributed by atoms with Crippen LogP contribution in [0.1, 0.15) is 51.9 Å². The zero-order valence-corrected chi connectivity index (χ0v) is 16.9. The first-order chi connectivity index (χ1) is 13.9. The molecule has 0 aliphatic heterocycles. The normalized spacial score (nSPS) is 29.2. The predicted molar refractivity (Wildman–Crippen MR) is 111 cm³/mol. The largest absolute Gasteiger partial charge is 0.338 e. The Hall–Kier alpha value is -2.57. The van der Waals surface area contributed by atoms with Gasteiger partial charge >= 0.3 is 6.03 Å². The smallest absolute Gasteiger partial charge is 0.315 e. The average molecular weight is 399 g/mol. The summed E-state index contributed by atoms with van der Waals surface area (Å²) in [6.07, 6.45) is 7.54. The molecule has 0 aromatic heterocycles. The highest BCUT2D eigenvalue weighted by molar-refractivity contribution is 5.93. The van der Waals surface area contributed by atoms with Crippen molar-refractivity contribution >= 4 is 29.2 Å². The fraction of sp³-hybridized carbons (Fsp3) is 0.591. The first-order valence-corrected chi connectivity index (χ1v) is 10.6. The van der Waals surface area contributed by atoms with Gasteiger partial charge in [0.2, 0.25) is 11.8 Å². The summed E-state index contributed by atoms with van der Waals surface area (Å²) in [6.45, 7) is 1.72. The number of hydrogen-bond acceptors (Lipinski definition) is 3. The SMILES string of the molecule is CC(=O)Nc1cccc(NC(=O)CCNC(=O)NC23CC4CC(CC(C4)C2)C3)c1. The summed E-state index contributed by atoms with van der Waals surface area (Å²) in [5, 5.41) is 11.6. The fourth-order valence-corrected chi connectivity index (χ4v) is 5.94. The molecule has 5 rings (SSSR count). The van der Waals surface area contributed by atoms with Crippen LogP contribution in [0.15, 0.2) is 24.3 Å². The Balaban J connectivity index is 1.21. The third kappa shape index (κ3) is 4.89. The van der Waals surface area contributed by atoms with Crippen LogP contribution in [0.3, 0.4) is 0 Å². The molecule has 7 nitrogen and oxygen atoms in total. The van der Waals surface area contributed by atoms with E-state index in [1.807, 2.05) is 0 Å². The van der Waals surface area contributed by atoms with Gasteiger partial charge in [-0.15, -0.1) is 0 Å². The van der Waals surface area contributed by atoms with E-state index in [2.05, 4.69) is 21.3 Å². The van der Waals surface area contributed by atoms with Gasteiger partial charge in [0.1, 0.15) is 0 Å². The van der Waals surface area contributed by atoms with Gasteiger partial charge in [-0.25, -0.2) is 4.79 Å². The monoisotopic (exact) mass is 398 g/mol. The maximum atomic E-state index is 12.4. The summed E-state index contributed by atoms with van der Waals surface area (Å²) >= 11 is 0. The lowest BCUT2D eigenvalue weighted by Gasteiger charge is -2.56. The number of hydrogen-bond donors (Lipinski definition) is 4. The number of carbonyl (C=O) groups excluding carboxylic acids is 3. The number of amides is 4. The minimum absolute atomic E-state index is 0.0226. The third-order valence-electron chi connectivity index (χ3n) is 6.52. The number of benzene rings is 1. The van der Waals surface area contributed by atoms with E-state index >= 15 is 0 Å². The summed E-state index contributed by atoms with van der Waals surface area (Å²) in [5.74, 6) is 1.99. The van der Waals surface area contributed by atoms with Crippen LogP contribution in [0.4, 0.5) is 16.2 Å². The zero-order chi connectivity index (χ0) is 20.4. The summed E-state index contributed by atoms with van der Waals surface area (Å²) in [4.78, 5) is 35.7. The quantitative estimate of drug-likeness (QED) is 0.592. The standard InChI is InChI=1S/C22H30N4O3/c1-14(27)24-18-3-2-4-19(10-18)25-20(28)5-6-23-21(29)26-22-11-15-7-16(12-22)9-17(8-15)13-22/h2-4,10,15-17H,5-9,11-13H2,1H3,(H,24,27)(H,25,28)(H2,23,26,29). The molecule has 4 fully saturated rings. The fourth-order valence-electron chi connectivity index (χ4n) is 5.94. The second kappa shape index (κ2) is 8.05. The average Bonchev–Trinajstić information content (AvgIpc) is 2.59. The molecule has 0 spiro atoms. The Morgan fingerprint density at radius 3 is 2.14 bits per heavy atom. The lowest BCUT2D eigenvalue weighted by molar-refractivity contribution is -0.116. The van der Waals surface area contributed by atoms with Crippen molar-refractivity contribution in [3.05, 3.63) is 24.3 Å². The van der Waals surface area contributed by atoms with Gasteiger partial charge < -0.3 is 21.3 Å². The molecule has 0 heterocycles. The van der Waals surface area contributed by atoms with Gasteiger partial charge in [0.15, 0.2) is 0 Å². The molecule has 156 valence electrons. The molecule has 4 aliphatic rings. The van der Waals surface area contributed by atoms with Gasteiger partial charge in [-0.2, -0.15) is 0 Å². The van der Waals surface area contributed by atoms with Crippen LogP contribution in [0.25, 0.3) is 0 Å². The lowest BCUT2D eigenvalue weighted by Crippen LogP contribution is -2.61. The molecule has 4 amide bonds. The Morgan fingerprint density at radius 1 is 0.966 bits per heavy atom. The molecular formula is C22H30N4O3. The Morgan fingerprint density at radius 2 is 1.55 bits per heavy atom. The van der Waals surface area contributed by atoms with Crippen molar-refractivity contribution in [1.82, 2.24) is 10.6 Å². The number of nitrogens with one attached hydrogen (secondary N) is 4. The second-order valence-electron chi connectivity index (χ2n) is 9.14. The highest BCUT2D eigenvalue weighted by Gasteiger charge is 2.51. The molecule has 1 aromatic rings. The van der Waals surface area contributed by atoms with Crippen LogP contribution in [0.2, 0.25) is 0 Å². The second-order valence-corrected chi connectivity index (χ2v) is 9.14. The molecule has 4 saturated carbocycles. The summed E-state index contributed by atoms with van der Waals surface area (Å²) < 4.78 is 0. The zero-order valence-electron chi connectivity index (χ0n) is 16.9. The van der Waals surface area contributed by atoms with E-state index in [4.69, 9.17) is 0 Å². The predicted octanol–water partition coefficient (Wildman–Crippen LogP) is 3.24. The van der Waals surface area contributed by atoms with Gasteiger partial charge in [0, 0.05) is 36.8 Å². The molecule has 29 heavy (non-hydrogen) atoms. The van der Waals surface area contributed by atoms with Crippen LogP contribution in [-0.4, -0.2) is 29.9 Å². The van der Waals surface area contributed by atoms with E-state index in [1.165, 1.54) is 26.2 Å². The van der Waals surface area contributed by atoms with Crippen molar-refractivity contribution < 1.29 is 14.4 Å². The van der Waals surface area contributed by atoms with E-state index < -0.39 is 0 Å². The first-order valence-electron chi connectivity index (χ1n) is 10.6. The summed E-state index contributed by atoms with van der Waals surface area (Å²) in [7, 11) is 0. The number of carbonyl (C=O) groups is 3. The van der Waals surface area contributed by atoms with E-state index in [0.29, 0.717) is 11.4 Å². The van der Waals surface area contributed by atoms with Gasteiger partial charge in [-0.05, 0) is 74.5 Å². The molecule has 4 bridgehead atoms. The summed E-state index contributed by atoms with van der Waals surface area (Å²) in [5.41, 5.74) is 1.22. The van der Waals surface area contributed by atoms with E-state index in [-0.39, 0.29) is 36.3 Å². The van der Waals surface area contributed by atoms with Gasteiger partial charge in [0.25, 0.3) is 0 Å². The highest BCUT2D eigenvalue weighted by Crippen LogP contribution is 2.55. The Labute approximate surface area is 171 Å². The molecule has 0 atom stereocenters. The van der Waals surface area contributed by atoms with E-state index in [0.717, 1.165) is 37.0 Å². The van der Waals surface area contributed by atoms with Crippen molar-refractivity contribution in [2.45, 2.75) is 57.4 Å². The number of rotatable bonds is 6. The maximum absolute atomic E-state index is 12.4. The molecule has 4 aliphatic carbocycles. The minimum Gasteiger partial charge on any atom is -0.338 e.